The van der Waals surface area contributed by atoms with E-state index in [2.05, 4.69) is 15.2 Å². The van der Waals surface area contributed by atoms with Crippen LogP contribution in [0, 0.1) is 0 Å². The fraction of sp³-hybridized carbons (Fsp3) is 0.559. The number of likely N-dealkylation sites (tertiary alicyclic amines) is 3. The number of nitrogens with zero attached hydrogens (tertiary/aromatic N) is 4. The first-order valence-corrected chi connectivity index (χ1v) is 17.0. The highest BCUT2D eigenvalue weighted by Gasteiger charge is 2.34. The van der Waals surface area contributed by atoms with Crippen LogP contribution in [0.15, 0.2) is 41.2 Å². The van der Waals surface area contributed by atoms with Crippen molar-refractivity contribution < 1.29 is 9.59 Å². The highest BCUT2D eigenvalue weighted by Crippen LogP contribution is 2.28. The van der Waals surface area contributed by atoms with Gasteiger partial charge in [-0.25, -0.2) is 9.59 Å². The number of aromatic nitrogens is 2. The molecule has 3 fully saturated rings. The average Bonchev–Trinajstić information content (AvgIpc) is 3.41. The summed E-state index contributed by atoms with van der Waals surface area (Å²) in [5.74, 6) is -0.0494. The predicted molar refractivity (Wildman–Crippen MR) is 179 cm³/mol. The Balaban J connectivity index is 1.14. The number of aryl methyl sites for hydroxylation is 1. The number of nitrogen functional groups attached to an aromatic ring is 1. The van der Waals surface area contributed by atoms with Crippen LogP contribution < -0.4 is 16.7 Å². The predicted octanol–water partition coefficient (Wildman–Crippen LogP) is 4.56. The number of nitrogens with two attached hydrogens (primary N) is 1. The summed E-state index contributed by atoms with van der Waals surface area (Å²) in [6.45, 7) is 6.72. The molecule has 1 atom stereocenters. The third kappa shape index (κ3) is 6.87. The Bertz CT molecular complexity index is 1560. The lowest BCUT2D eigenvalue weighted by molar-refractivity contribution is -0.134. The van der Waals surface area contributed by atoms with E-state index in [9.17, 15) is 14.4 Å². The number of imidazole rings is 1. The summed E-state index contributed by atoms with van der Waals surface area (Å²) < 4.78 is 1.82. The van der Waals surface area contributed by atoms with Gasteiger partial charge in [0.05, 0.1) is 21.7 Å². The lowest BCUT2D eigenvalue weighted by atomic mass is 9.97. The van der Waals surface area contributed by atoms with Crippen LogP contribution in [0.5, 0.6) is 0 Å². The molecule has 3 saturated heterocycles. The van der Waals surface area contributed by atoms with E-state index in [1.54, 1.807) is 4.90 Å². The minimum atomic E-state index is -0.720. The number of rotatable bonds is 7. The van der Waals surface area contributed by atoms with Crippen molar-refractivity contribution >= 4 is 40.3 Å². The van der Waals surface area contributed by atoms with E-state index in [1.807, 2.05) is 52.8 Å². The SMILES string of the molecule is CCc1cc(C[C@@H](NC(=O)N2CCC(n3c(=O)[nH]c4ccccc43)CC2)C(=O)N2CCC(N3CCCCC3)CC2)cc(Cl)c1N. The molecule has 45 heavy (non-hydrogen) atoms. The second kappa shape index (κ2) is 13.9. The number of carbonyl (C=O) groups is 2. The van der Waals surface area contributed by atoms with E-state index in [0.29, 0.717) is 62.2 Å². The molecule has 11 heteroatoms. The van der Waals surface area contributed by atoms with Crippen molar-refractivity contribution in [3.63, 3.8) is 0 Å². The third-order valence-electron chi connectivity index (χ3n) is 10.1. The van der Waals surface area contributed by atoms with E-state index in [1.165, 1.54) is 19.3 Å². The van der Waals surface area contributed by atoms with E-state index in [4.69, 9.17) is 17.3 Å². The van der Waals surface area contributed by atoms with Gasteiger partial charge >= 0.3 is 11.7 Å². The van der Waals surface area contributed by atoms with Gasteiger partial charge in [0.1, 0.15) is 6.04 Å². The normalized spacial score (nSPS) is 19.6. The summed E-state index contributed by atoms with van der Waals surface area (Å²) in [5, 5.41) is 3.58. The molecule has 10 nitrogen and oxygen atoms in total. The largest absolute Gasteiger partial charge is 0.397 e. The average molecular weight is 636 g/mol. The number of carbonyl (C=O) groups excluding carboxylic acids is 2. The smallest absolute Gasteiger partial charge is 0.326 e. The molecule has 0 saturated carbocycles. The number of aromatic amines is 1. The molecule has 0 radical (unpaired) electrons. The van der Waals surface area contributed by atoms with Gasteiger partial charge in [-0.05, 0) is 87.4 Å². The zero-order chi connectivity index (χ0) is 31.5. The van der Waals surface area contributed by atoms with Crippen LogP contribution in [-0.2, 0) is 17.6 Å². The Labute approximate surface area is 269 Å². The molecule has 3 aliphatic rings. The van der Waals surface area contributed by atoms with Gasteiger partial charge < -0.3 is 30.7 Å². The maximum atomic E-state index is 14.1. The monoisotopic (exact) mass is 635 g/mol. The summed E-state index contributed by atoms with van der Waals surface area (Å²) in [5.41, 5.74) is 10.2. The third-order valence-corrected chi connectivity index (χ3v) is 10.4. The molecule has 3 aliphatic heterocycles. The van der Waals surface area contributed by atoms with Crippen LogP contribution in [0.25, 0.3) is 11.0 Å². The fourth-order valence-electron chi connectivity index (χ4n) is 7.54. The summed E-state index contributed by atoms with van der Waals surface area (Å²) in [7, 11) is 0. The Morgan fingerprint density at radius 1 is 0.956 bits per heavy atom. The zero-order valence-corrected chi connectivity index (χ0v) is 27.0. The lowest BCUT2D eigenvalue weighted by Crippen LogP contribution is -2.56. The standard InChI is InChI=1S/C34H46ClN7O3/c1-2-24-20-23(21-27(35)31(24)36)22-29(32(43)40-16-10-25(11-17-40)39-14-6-3-7-15-39)38-33(44)41-18-12-26(13-19-41)42-30-9-5-4-8-28(30)37-34(42)45/h4-5,8-9,20-21,25-26,29H,2-3,6-7,10-19,22,36H2,1H3,(H,37,45)(H,38,44)/t29-/m1/s1. The maximum absolute atomic E-state index is 14.1. The number of fused-ring (bicyclic) bond motifs is 1. The van der Waals surface area contributed by atoms with Gasteiger partial charge in [-0.1, -0.05) is 43.1 Å². The summed E-state index contributed by atoms with van der Waals surface area (Å²) in [6, 6.07) is 11.1. The Morgan fingerprint density at radius 2 is 1.62 bits per heavy atom. The minimum absolute atomic E-state index is 0.000660. The molecule has 0 bridgehead atoms. The number of amides is 3. The van der Waals surface area contributed by atoms with Gasteiger partial charge in [0.15, 0.2) is 0 Å². The second-order valence-electron chi connectivity index (χ2n) is 12.9. The first kappa shape index (κ1) is 31.5. The van der Waals surface area contributed by atoms with E-state index >= 15 is 0 Å². The van der Waals surface area contributed by atoms with E-state index in [-0.39, 0.29) is 23.7 Å². The van der Waals surface area contributed by atoms with E-state index in [0.717, 1.165) is 54.5 Å². The number of benzene rings is 2. The number of piperidine rings is 3. The van der Waals surface area contributed by atoms with Crippen molar-refractivity contribution in [1.29, 1.82) is 0 Å². The Morgan fingerprint density at radius 3 is 2.33 bits per heavy atom. The fourth-order valence-corrected chi connectivity index (χ4v) is 7.80. The molecule has 1 aromatic heterocycles. The number of anilines is 1. The molecule has 3 aromatic rings. The Kier molecular flexibility index (Phi) is 9.70. The van der Waals surface area contributed by atoms with Crippen molar-refractivity contribution in [1.82, 2.24) is 29.6 Å². The number of hydrogen-bond acceptors (Lipinski definition) is 5. The van der Waals surface area contributed by atoms with Crippen molar-refractivity contribution in [3.05, 3.63) is 63.0 Å². The number of nitrogens with one attached hydrogen (secondary N) is 2. The topological polar surface area (TPSA) is 120 Å². The van der Waals surface area contributed by atoms with Gasteiger partial charge in [-0.15, -0.1) is 0 Å². The molecule has 0 spiro atoms. The molecule has 4 heterocycles. The number of urea groups is 1. The Hall–Kier alpha value is -3.50. The van der Waals surface area contributed by atoms with Crippen LogP contribution in [0.4, 0.5) is 10.5 Å². The van der Waals surface area contributed by atoms with Gasteiger partial charge in [-0.2, -0.15) is 0 Å². The number of H-pyrrole nitrogens is 1. The molecule has 2 aromatic carbocycles. The van der Waals surface area contributed by atoms with Crippen molar-refractivity contribution in [2.45, 2.75) is 82.8 Å². The van der Waals surface area contributed by atoms with Crippen LogP contribution in [0.3, 0.4) is 0 Å². The van der Waals surface area contributed by atoms with Crippen LogP contribution in [-0.4, -0.2) is 87.5 Å². The number of halogens is 1. The quantitative estimate of drug-likeness (QED) is 0.329. The summed E-state index contributed by atoms with van der Waals surface area (Å²) in [4.78, 5) is 49.7. The van der Waals surface area contributed by atoms with Crippen molar-refractivity contribution in [3.8, 4) is 0 Å². The first-order chi connectivity index (χ1) is 21.8. The van der Waals surface area contributed by atoms with Gasteiger partial charge in [0.25, 0.3) is 0 Å². The molecule has 0 aliphatic carbocycles. The van der Waals surface area contributed by atoms with Gasteiger partial charge in [0, 0.05) is 44.7 Å². The first-order valence-electron chi connectivity index (χ1n) is 16.7. The van der Waals surface area contributed by atoms with Gasteiger partial charge in [0.2, 0.25) is 5.91 Å². The lowest BCUT2D eigenvalue weighted by Gasteiger charge is -2.41. The summed E-state index contributed by atoms with van der Waals surface area (Å²) in [6.07, 6.45) is 8.12. The molecule has 6 rings (SSSR count). The number of hydrogen-bond donors (Lipinski definition) is 3. The maximum Gasteiger partial charge on any atom is 0.326 e. The number of para-hydroxylation sites is 2. The van der Waals surface area contributed by atoms with Crippen molar-refractivity contribution in [2.24, 2.45) is 0 Å². The van der Waals surface area contributed by atoms with Gasteiger partial charge in [-0.3, -0.25) is 9.36 Å². The molecule has 242 valence electrons. The molecule has 0 unspecified atom stereocenters. The zero-order valence-electron chi connectivity index (χ0n) is 26.3. The molecular formula is C34H46ClN7O3. The molecular weight excluding hydrogens is 590 g/mol. The second-order valence-corrected chi connectivity index (χ2v) is 13.3. The molecule has 3 amide bonds. The van der Waals surface area contributed by atoms with Crippen LogP contribution in [0.2, 0.25) is 5.02 Å². The highest BCUT2D eigenvalue weighted by molar-refractivity contribution is 6.33. The molecule has 4 N–H and O–H groups in total. The van der Waals surface area contributed by atoms with Crippen LogP contribution >= 0.6 is 11.6 Å². The van der Waals surface area contributed by atoms with Crippen LogP contribution in [0.1, 0.15) is 69.0 Å². The minimum Gasteiger partial charge on any atom is -0.397 e. The van der Waals surface area contributed by atoms with Crippen molar-refractivity contribution in [2.75, 3.05) is 45.0 Å². The highest BCUT2D eigenvalue weighted by atomic mass is 35.5. The summed E-state index contributed by atoms with van der Waals surface area (Å²) >= 11 is 6.48. The van der Waals surface area contributed by atoms with E-state index < -0.39 is 6.04 Å².